The van der Waals surface area contributed by atoms with E-state index in [-0.39, 0.29) is 33.2 Å². The molecule has 0 bridgehead atoms. The summed E-state index contributed by atoms with van der Waals surface area (Å²) >= 11 is 5.92. The van der Waals surface area contributed by atoms with Crippen LogP contribution in [0.5, 0.6) is 5.75 Å². The molecule has 0 unspecified atom stereocenters. The third kappa shape index (κ3) is 5.20. The van der Waals surface area contributed by atoms with Gasteiger partial charge in [0.1, 0.15) is 10.6 Å². The molecule has 0 saturated heterocycles. The molecule has 0 fully saturated rings. The lowest BCUT2D eigenvalue weighted by molar-refractivity contribution is -0.115. The second-order valence-electron chi connectivity index (χ2n) is 5.07. The molecule has 132 valence electrons. The van der Waals surface area contributed by atoms with Gasteiger partial charge in [0.25, 0.3) is 0 Å². The molecule has 9 heteroatoms. The average Bonchev–Trinajstić information content (AvgIpc) is 2.50. The van der Waals surface area contributed by atoms with Crippen molar-refractivity contribution in [2.75, 3.05) is 10.6 Å². The molecule has 2 N–H and O–H groups in total. The van der Waals surface area contributed by atoms with Crippen molar-refractivity contribution in [2.24, 2.45) is 0 Å². The van der Waals surface area contributed by atoms with Gasteiger partial charge in [0.05, 0.1) is 10.7 Å². The largest absolute Gasteiger partial charge is 0.379 e. The van der Waals surface area contributed by atoms with Gasteiger partial charge in [-0.3, -0.25) is 9.59 Å². The molecule has 0 aliphatic heterocycles. The van der Waals surface area contributed by atoms with E-state index in [1.165, 1.54) is 56.3 Å². The zero-order valence-electron chi connectivity index (χ0n) is 13.4. The highest BCUT2D eigenvalue weighted by atomic mass is 35.5. The normalized spacial score (nSPS) is 10.8. The van der Waals surface area contributed by atoms with Crippen molar-refractivity contribution in [2.45, 2.75) is 18.7 Å². The molecule has 7 nitrogen and oxygen atoms in total. The van der Waals surface area contributed by atoms with Crippen LogP contribution in [0, 0.1) is 0 Å². The smallest absolute Gasteiger partial charge is 0.339 e. The predicted molar refractivity (Wildman–Crippen MR) is 94.3 cm³/mol. The summed E-state index contributed by atoms with van der Waals surface area (Å²) < 4.78 is 29.8. The van der Waals surface area contributed by atoms with Crippen molar-refractivity contribution in [1.82, 2.24) is 0 Å². The maximum absolute atomic E-state index is 12.4. The first kappa shape index (κ1) is 18.8. The van der Waals surface area contributed by atoms with Gasteiger partial charge in [0, 0.05) is 19.5 Å². The second-order valence-corrected chi connectivity index (χ2v) is 7.02. The lowest BCUT2D eigenvalue weighted by atomic mass is 10.3. The number of hydrogen-bond acceptors (Lipinski definition) is 5. The van der Waals surface area contributed by atoms with Crippen molar-refractivity contribution in [3.63, 3.8) is 0 Å². The van der Waals surface area contributed by atoms with Crippen molar-refractivity contribution >= 4 is 44.9 Å². The van der Waals surface area contributed by atoms with Crippen molar-refractivity contribution < 1.29 is 22.2 Å². The number of rotatable bonds is 5. The minimum absolute atomic E-state index is 0.0742. The van der Waals surface area contributed by atoms with Crippen LogP contribution in [0.4, 0.5) is 11.4 Å². The van der Waals surface area contributed by atoms with Gasteiger partial charge in [-0.25, -0.2) is 0 Å². The molecule has 2 amide bonds. The first-order valence-electron chi connectivity index (χ1n) is 7.06. The number of benzene rings is 2. The molecule has 2 aromatic carbocycles. The number of nitrogens with one attached hydrogen (secondary N) is 2. The molecular formula is C16H15ClN2O5S. The maximum Gasteiger partial charge on any atom is 0.339 e. The minimum Gasteiger partial charge on any atom is -0.379 e. The molecule has 0 spiro atoms. The Morgan fingerprint density at radius 1 is 0.960 bits per heavy atom. The van der Waals surface area contributed by atoms with E-state index >= 15 is 0 Å². The molecule has 25 heavy (non-hydrogen) atoms. The zero-order valence-corrected chi connectivity index (χ0v) is 14.9. The number of carbonyl (C=O) groups is 2. The molecule has 0 aliphatic rings. The van der Waals surface area contributed by atoms with Gasteiger partial charge in [0.2, 0.25) is 11.8 Å². The van der Waals surface area contributed by atoms with Gasteiger partial charge in [-0.1, -0.05) is 11.6 Å². The Labute approximate surface area is 150 Å². The number of hydrogen-bond donors (Lipinski definition) is 2. The van der Waals surface area contributed by atoms with E-state index in [2.05, 4.69) is 10.6 Å². The predicted octanol–water partition coefficient (Wildman–Crippen LogP) is 3.02. The second kappa shape index (κ2) is 7.54. The summed E-state index contributed by atoms with van der Waals surface area (Å²) in [5.74, 6) is -0.552. The Balaban J connectivity index is 2.24. The van der Waals surface area contributed by atoms with E-state index in [4.69, 9.17) is 15.8 Å². The van der Waals surface area contributed by atoms with E-state index in [1.54, 1.807) is 0 Å². The molecular weight excluding hydrogens is 368 g/mol. The fraction of sp³-hybridized carbons (Fsp3) is 0.125. The van der Waals surface area contributed by atoms with Gasteiger partial charge >= 0.3 is 10.1 Å². The summed E-state index contributed by atoms with van der Waals surface area (Å²) in [5, 5.41) is 5.21. The Morgan fingerprint density at radius 3 is 2.12 bits per heavy atom. The highest BCUT2D eigenvalue weighted by Gasteiger charge is 2.19. The van der Waals surface area contributed by atoms with E-state index in [0.29, 0.717) is 5.69 Å². The van der Waals surface area contributed by atoms with E-state index in [1.807, 2.05) is 0 Å². The van der Waals surface area contributed by atoms with E-state index in [9.17, 15) is 18.0 Å². The molecule has 2 aromatic rings. The van der Waals surface area contributed by atoms with Gasteiger partial charge in [-0.05, 0) is 42.5 Å². The fourth-order valence-electron chi connectivity index (χ4n) is 1.92. The Bertz CT molecular complexity index is 911. The third-order valence-electron chi connectivity index (χ3n) is 2.92. The van der Waals surface area contributed by atoms with E-state index < -0.39 is 10.1 Å². The summed E-state index contributed by atoms with van der Waals surface area (Å²) in [7, 11) is -4.12. The van der Waals surface area contributed by atoms with Crippen molar-refractivity contribution in [3.05, 3.63) is 47.5 Å². The zero-order chi connectivity index (χ0) is 18.6. The molecule has 0 aliphatic carbocycles. The van der Waals surface area contributed by atoms with Crippen LogP contribution in [-0.2, 0) is 19.7 Å². The topological polar surface area (TPSA) is 102 Å². The van der Waals surface area contributed by atoms with Crippen LogP contribution in [0.1, 0.15) is 13.8 Å². The molecule has 0 saturated carbocycles. The molecule has 2 rings (SSSR count). The monoisotopic (exact) mass is 382 g/mol. The molecule has 0 atom stereocenters. The first-order valence-corrected chi connectivity index (χ1v) is 8.85. The lowest BCUT2D eigenvalue weighted by Crippen LogP contribution is -2.12. The van der Waals surface area contributed by atoms with Crippen LogP contribution in [-0.4, -0.2) is 20.2 Å². The van der Waals surface area contributed by atoms with Crippen LogP contribution in [0.15, 0.2) is 47.4 Å². The van der Waals surface area contributed by atoms with Crippen LogP contribution in [0.2, 0.25) is 5.02 Å². The quantitative estimate of drug-likeness (QED) is 0.774. The van der Waals surface area contributed by atoms with Crippen molar-refractivity contribution in [1.29, 1.82) is 0 Å². The Hall–Kier alpha value is -2.58. The lowest BCUT2D eigenvalue weighted by Gasteiger charge is -2.10. The summed E-state index contributed by atoms with van der Waals surface area (Å²) in [6, 6.07) is 9.68. The van der Waals surface area contributed by atoms with Crippen LogP contribution in [0.3, 0.4) is 0 Å². The summed E-state index contributed by atoms with van der Waals surface area (Å²) in [5.41, 5.74) is 0.677. The van der Waals surface area contributed by atoms with Crippen LogP contribution >= 0.6 is 11.6 Å². The summed E-state index contributed by atoms with van der Waals surface area (Å²) in [6.07, 6.45) is 0. The van der Waals surface area contributed by atoms with Crippen molar-refractivity contribution in [3.8, 4) is 5.75 Å². The SMILES string of the molecule is CC(=O)Nc1ccc(OS(=O)(=O)c2ccc(Cl)c(NC(C)=O)c2)cc1. The maximum atomic E-state index is 12.4. The molecule has 0 heterocycles. The minimum atomic E-state index is -4.12. The molecule has 0 radical (unpaired) electrons. The van der Waals surface area contributed by atoms with Gasteiger partial charge in [-0.15, -0.1) is 0 Å². The third-order valence-corrected chi connectivity index (χ3v) is 4.49. The van der Waals surface area contributed by atoms with Crippen LogP contribution < -0.4 is 14.8 Å². The summed E-state index contributed by atoms with van der Waals surface area (Å²) in [6.45, 7) is 2.65. The number of carbonyl (C=O) groups excluding carboxylic acids is 2. The van der Waals surface area contributed by atoms with Gasteiger partial charge < -0.3 is 14.8 Å². The summed E-state index contributed by atoms with van der Waals surface area (Å²) in [4.78, 5) is 22.0. The fourth-order valence-corrected chi connectivity index (χ4v) is 3.04. The number of anilines is 2. The van der Waals surface area contributed by atoms with E-state index in [0.717, 1.165) is 0 Å². The molecule has 0 aromatic heterocycles. The number of halogens is 1. The Kier molecular flexibility index (Phi) is 5.66. The highest BCUT2D eigenvalue weighted by Crippen LogP contribution is 2.27. The highest BCUT2D eigenvalue weighted by molar-refractivity contribution is 7.87. The van der Waals surface area contributed by atoms with Gasteiger partial charge in [0.15, 0.2) is 0 Å². The number of amides is 2. The van der Waals surface area contributed by atoms with Gasteiger partial charge in [-0.2, -0.15) is 8.42 Å². The first-order chi connectivity index (χ1) is 11.7. The Morgan fingerprint density at radius 2 is 1.56 bits per heavy atom. The average molecular weight is 383 g/mol. The van der Waals surface area contributed by atoms with Crippen LogP contribution in [0.25, 0.3) is 0 Å². The standard InChI is InChI=1S/C16H15ClN2O5S/c1-10(20)18-12-3-5-13(6-4-12)24-25(22,23)14-7-8-15(17)16(9-14)19-11(2)21/h3-9H,1-2H3,(H,18,20)(H,19,21).